The highest BCUT2D eigenvalue weighted by Gasteiger charge is 2.25. The summed E-state index contributed by atoms with van der Waals surface area (Å²) < 4.78 is 42.4. The minimum atomic E-state index is -3.83. The number of hydrogen-bond acceptors (Lipinski definition) is 6. The molecule has 37 heavy (non-hydrogen) atoms. The number of carbonyl (C=O) groups is 1. The van der Waals surface area contributed by atoms with E-state index in [0.29, 0.717) is 15.5 Å². The molecule has 0 radical (unpaired) electrons. The van der Waals surface area contributed by atoms with Gasteiger partial charge >= 0.3 is 0 Å². The number of aromatic nitrogens is 2. The number of sulfonamides is 1. The minimum Gasteiger partial charge on any atom is -0.279 e. The third kappa shape index (κ3) is 4.93. The summed E-state index contributed by atoms with van der Waals surface area (Å²) in [7, 11) is -2.35. The van der Waals surface area contributed by atoms with Crippen molar-refractivity contribution < 1.29 is 17.6 Å². The summed E-state index contributed by atoms with van der Waals surface area (Å²) in [5.41, 5.74) is 1.74. The summed E-state index contributed by atoms with van der Waals surface area (Å²) in [5, 5.41) is 0.328. The quantitative estimate of drug-likeness (QED) is 0.276. The minimum absolute atomic E-state index is 0.0521. The van der Waals surface area contributed by atoms with E-state index in [2.05, 4.69) is 9.97 Å². The predicted molar refractivity (Wildman–Crippen MR) is 143 cm³/mol. The molecule has 5 rings (SSSR count). The van der Waals surface area contributed by atoms with Crippen LogP contribution in [0.15, 0.2) is 102 Å². The normalized spacial score (nSPS) is 11.4. The van der Waals surface area contributed by atoms with Crippen LogP contribution >= 0.6 is 11.3 Å². The molecule has 10 heteroatoms. The molecular weight excluding hydrogens is 511 g/mol. The summed E-state index contributed by atoms with van der Waals surface area (Å²) in [5.74, 6) is -0.866. The molecule has 0 spiro atoms. The Labute approximate surface area is 217 Å². The molecule has 186 valence electrons. The molecular formula is C27H21FN4O3S2. The number of thiazole rings is 1. The Balaban J connectivity index is 1.48. The molecule has 0 saturated carbocycles. The molecule has 0 fully saturated rings. The lowest BCUT2D eigenvalue weighted by Gasteiger charge is -2.21. The lowest BCUT2D eigenvalue weighted by Crippen LogP contribution is -2.30. The molecule has 0 N–H and O–H groups in total. The van der Waals surface area contributed by atoms with Crippen molar-refractivity contribution in [2.75, 3.05) is 16.3 Å². The summed E-state index contributed by atoms with van der Waals surface area (Å²) in [6.45, 7) is 0.158. The number of nitrogens with zero attached hydrogens (tertiary/aromatic N) is 4. The third-order valence-electron chi connectivity index (χ3n) is 5.78. The van der Waals surface area contributed by atoms with Crippen molar-refractivity contribution >= 4 is 48.3 Å². The van der Waals surface area contributed by atoms with Crippen LogP contribution in [0.3, 0.4) is 0 Å². The van der Waals surface area contributed by atoms with Gasteiger partial charge in [-0.1, -0.05) is 41.7 Å². The number of fused-ring (bicyclic) bond motifs is 1. The highest BCUT2D eigenvalue weighted by molar-refractivity contribution is 7.92. The monoisotopic (exact) mass is 532 g/mol. The average molecular weight is 533 g/mol. The van der Waals surface area contributed by atoms with E-state index in [1.54, 1.807) is 60.9 Å². The Hall–Kier alpha value is -4.15. The maximum absolute atomic E-state index is 14.3. The number of benzene rings is 3. The molecule has 5 aromatic rings. The van der Waals surface area contributed by atoms with Crippen LogP contribution in [0.5, 0.6) is 0 Å². The zero-order valence-electron chi connectivity index (χ0n) is 19.7. The molecule has 0 saturated heterocycles. The van der Waals surface area contributed by atoms with Crippen molar-refractivity contribution in [1.29, 1.82) is 0 Å². The van der Waals surface area contributed by atoms with Crippen LogP contribution in [-0.2, 0) is 16.6 Å². The zero-order valence-corrected chi connectivity index (χ0v) is 21.3. The molecule has 0 aliphatic carbocycles. The lowest BCUT2D eigenvalue weighted by molar-refractivity contribution is 0.0985. The number of pyridine rings is 1. The van der Waals surface area contributed by atoms with Gasteiger partial charge in [-0.2, -0.15) is 0 Å². The molecule has 7 nitrogen and oxygen atoms in total. The largest absolute Gasteiger partial charge is 0.279 e. The van der Waals surface area contributed by atoms with E-state index in [1.807, 2.05) is 6.07 Å². The fraction of sp³-hybridized carbons (Fsp3) is 0.0741. The molecule has 0 atom stereocenters. The smallest absolute Gasteiger partial charge is 0.264 e. The number of hydrogen-bond donors (Lipinski definition) is 0. The fourth-order valence-electron chi connectivity index (χ4n) is 3.78. The Kier molecular flexibility index (Phi) is 6.68. The second-order valence-corrected chi connectivity index (χ2v) is 11.1. The highest BCUT2D eigenvalue weighted by Crippen LogP contribution is 2.32. The second-order valence-electron chi connectivity index (χ2n) is 8.17. The third-order valence-corrected chi connectivity index (χ3v) is 8.62. The van der Waals surface area contributed by atoms with E-state index in [9.17, 15) is 17.6 Å². The SMILES string of the molecule is CN(c1ccccc1)S(=O)(=O)c1ccc(C(=O)N(Cc2cccnc2)c2nc3c(F)cccc3s2)cc1. The van der Waals surface area contributed by atoms with Gasteiger partial charge in [0.05, 0.1) is 21.8 Å². The number of halogens is 1. The summed E-state index contributed by atoms with van der Waals surface area (Å²) >= 11 is 1.20. The van der Waals surface area contributed by atoms with Crippen molar-refractivity contribution in [3.8, 4) is 0 Å². The summed E-state index contributed by atoms with van der Waals surface area (Å²) in [6.07, 6.45) is 3.28. The van der Waals surface area contributed by atoms with E-state index < -0.39 is 21.7 Å². The van der Waals surface area contributed by atoms with Crippen molar-refractivity contribution in [2.45, 2.75) is 11.4 Å². The van der Waals surface area contributed by atoms with Gasteiger partial charge in [0.1, 0.15) is 11.3 Å². The van der Waals surface area contributed by atoms with Gasteiger partial charge < -0.3 is 0 Å². The Bertz CT molecular complexity index is 1660. The first-order valence-corrected chi connectivity index (χ1v) is 13.5. The molecule has 2 aromatic heterocycles. The molecule has 0 unspecified atom stereocenters. The van der Waals surface area contributed by atoms with Gasteiger partial charge in [0.25, 0.3) is 15.9 Å². The molecule has 3 aromatic carbocycles. The van der Waals surface area contributed by atoms with E-state index in [4.69, 9.17) is 0 Å². The van der Waals surface area contributed by atoms with Crippen LogP contribution in [0, 0.1) is 5.82 Å². The number of amides is 1. The van der Waals surface area contributed by atoms with E-state index in [1.165, 1.54) is 57.9 Å². The molecule has 0 bridgehead atoms. The van der Waals surface area contributed by atoms with Gasteiger partial charge in [-0.15, -0.1) is 0 Å². The Morgan fingerprint density at radius 3 is 2.38 bits per heavy atom. The average Bonchev–Trinajstić information content (AvgIpc) is 3.37. The maximum Gasteiger partial charge on any atom is 0.264 e. The Morgan fingerprint density at radius 1 is 0.946 bits per heavy atom. The summed E-state index contributed by atoms with van der Waals surface area (Å²) in [6, 6.07) is 22.7. The fourth-order valence-corrected chi connectivity index (χ4v) is 5.95. The van der Waals surface area contributed by atoms with Crippen LogP contribution in [0.4, 0.5) is 15.2 Å². The molecule has 1 amide bonds. The first-order valence-electron chi connectivity index (χ1n) is 11.2. The van der Waals surface area contributed by atoms with E-state index in [-0.39, 0.29) is 22.5 Å². The predicted octanol–water partition coefficient (Wildman–Crippen LogP) is 5.50. The van der Waals surface area contributed by atoms with Gasteiger partial charge in [-0.25, -0.2) is 17.8 Å². The van der Waals surface area contributed by atoms with Crippen LogP contribution in [0.25, 0.3) is 10.2 Å². The lowest BCUT2D eigenvalue weighted by atomic mass is 10.2. The topological polar surface area (TPSA) is 83.5 Å². The van der Waals surface area contributed by atoms with Gasteiger partial charge in [0, 0.05) is 25.0 Å². The standard InChI is InChI=1S/C27H21FN4O3S2/c1-31(21-8-3-2-4-9-21)37(34,35)22-14-12-20(13-15-22)26(33)32(18-19-7-6-16-29-17-19)27-30-25-23(28)10-5-11-24(25)36-27/h2-17H,18H2,1H3. The van der Waals surface area contributed by atoms with Crippen LogP contribution < -0.4 is 9.21 Å². The first-order chi connectivity index (χ1) is 17.8. The van der Waals surface area contributed by atoms with Gasteiger partial charge in [-0.05, 0) is 60.2 Å². The molecule has 2 heterocycles. The van der Waals surface area contributed by atoms with Crippen LogP contribution in [-0.4, -0.2) is 31.3 Å². The number of para-hydroxylation sites is 2. The van der Waals surface area contributed by atoms with Crippen molar-refractivity contribution in [1.82, 2.24) is 9.97 Å². The van der Waals surface area contributed by atoms with Crippen molar-refractivity contribution in [3.05, 3.63) is 114 Å². The number of rotatable bonds is 7. The first kappa shape index (κ1) is 24.5. The van der Waals surface area contributed by atoms with Gasteiger partial charge in [-0.3, -0.25) is 19.0 Å². The van der Waals surface area contributed by atoms with Gasteiger partial charge in [0.15, 0.2) is 5.13 Å². The number of carbonyl (C=O) groups excluding carboxylic acids is 1. The summed E-state index contributed by atoms with van der Waals surface area (Å²) in [4.78, 5) is 23.7. The van der Waals surface area contributed by atoms with Crippen molar-refractivity contribution in [2.24, 2.45) is 0 Å². The van der Waals surface area contributed by atoms with E-state index >= 15 is 0 Å². The highest BCUT2D eigenvalue weighted by atomic mass is 32.2. The number of anilines is 2. The zero-order chi connectivity index (χ0) is 26.0. The second kappa shape index (κ2) is 10.1. The van der Waals surface area contributed by atoms with Gasteiger partial charge in [0.2, 0.25) is 0 Å². The van der Waals surface area contributed by atoms with Crippen LogP contribution in [0.2, 0.25) is 0 Å². The Morgan fingerprint density at radius 2 is 1.70 bits per heavy atom. The maximum atomic E-state index is 14.3. The van der Waals surface area contributed by atoms with Crippen molar-refractivity contribution in [3.63, 3.8) is 0 Å². The van der Waals surface area contributed by atoms with Crippen LogP contribution in [0.1, 0.15) is 15.9 Å². The molecule has 0 aliphatic rings. The van der Waals surface area contributed by atoms with E-state index in [0.717, 1.165) is 5.56 Å². The molecule has 0 aliphatic heterocycles.